The predicted octanol–water partition coefficient (Wildman–Crippen LogP) is 2.62. The average Bonchev–Trinajstić information content (AvgIpc) is 3.19. The monoisotopic (exact) mass is 441 g/mol. The summed E-state index contributed by atoms with van der Waals surface area (Å²) >= 11 is 0. The highest BCUT2D eigenvalue weighted by Crippen LogP contribution is 2.23. The SMILES string of the molecule is Cc1cccc(CNC(=O)CCn2nnc3cc(S(=O)(=O)N4CCCCC4)ccc32)c1. The standard InChI is InChI=1S/C22H27N5O3S/c1-17-6-5-7-18(14-17)16-23-22(28)10-13-27-21-9-8-19(15-20(21)24-25-27)31(29,30)26-11-3-2-4-12-26/h5-9,14-15H,2-4,10-13,16H2,1H3,(H,23,28). The van der Waals surface area contributed by atoms with Crippen LogP contribution in [0.4, 0.5) is 0 Å². The molecule has 31 heavy (non-hydrogen) atoms. The van der Waals surface area contributed by atoms with Crippen molar-refractivity contribution in [3.63, 3.8) is 0 Å². The number of carbonyl (C=O) groups excluding carboxylic acids is 1. The number of hydrogen-bond acceptors (Lipinski definition) is 5. The van der Waals surface area contributed by atoms with Crippen molar-refractivity contribution in [1.82, 2.24) is 24.6 Å². The molecule has 0 radical (unpaired) electrons. The molecule has 1 saturated heterocycles. The zero-order valence-corrected chi connectivity index (χ0v) is 18.4. The van der Waals surface area contributed by atoms with E-state index in [1.165, 1.54) is 0 Å². The summed E-state index contributed by atoms with van der Waals surface area (Å²) in [5, 5.41) is 11.1. The van der Waals surface area contributed by atoms with E-state index in [1.807, 2.05) is 31.2 Å². The molecule has 0 bridgehead atoms. The molecular formula is C22H27N5O3S. The average molecular weight is 442 g/mol. The van der Waals surface area contributed by atoms with Crippen LogP contribution in [0, 0.1) is 6.92 Å². The molecule has 1 aliphatic heterocycles. The molecule has 0 atom stereocenters. The maximum atomic E-state index is 12.9. The first kappa shape index (κ1) is 21.5. The van der Waals surface area contributed by atoms with Crippen LogP contribution in [-0.4, -0.2) is 46.7 Å². The van der Waals surface area contributed by atoms with E-state index in [2.05, 4.69) is 15.6 Å². The zero-order valence-electron chi connectivity index (χ0n) is 17.6. The van der Waals surface area contributed by atoms with Gasteiger partial charge in [-0.2, -0.15) is 4.31 Å². The first-order chi connectivity index (χ1) is 14.9. The van der Waals surface area contributed by atoms with Crippen LogP contribution < -0.4 is 5.32 Å². The van der Waals surface area contributed by atoms with Gasteiger partial charge >= 0.3 is 0 Å². The van der Waals surface area contributed by atoms with Gasteiger partial charge in [0, 0.05) is 26.1 Å². The van der Waals surface area contributed by atoms with E-state index in [-0.39, 0.29) is 17.2 Å². The van der Waals surface area contributed by atoms with E-state index in [9.17, 15) is 13.2 Å². The number of benzene rings is 2. The molecule has 2 aromatic carbocycles. The largest absolute Gasteiger partial charge is 0.352 e. The quantitative estimate of drug-likeness (QED) is 0.608. The predicted molar refractivity (Wildman–Crippen MR) is 118 cm³/mol. The van der Waals surface area contributed by atoms with Gasteiger partial charge in [-0.3, -0.25) is 4.79 Å². The van der Waals surface area contributed by atoms with Crippen molar-refractivity contribution in [3.8, 4) is 0 Å². The van der Waals surface area contributed by atoms with Crippen LogP contribution in [0.15, 0.2) is 47.4 Å². The summed E-state index contributed by atoms with van der Waals surface area (Å²) in [4.78, 5) is 12.5. The van der Waals surface area contributed by atoms with E-state index < -0.39 is 10.0 Å². The summed E-state index contributed by atoms with van der Waals surface area (Å²) in [6.07, 6.45) is 3.11. The Morgan fingerprint density at radius 3 is 2.68 bits per heavy atom. The van der Waals surface area contributed by atoms with E-state index in [0.717, 1.165) is 30.4 Å². The van der Waals surface area contributed by atoms with Crippen LogP contribution in [0.3, 0.4) is 0 Å². The fourth-order valence-corrected chi connectivity index (χ4v) is 5.39. The molecule has 8 nitrogen and oxygen atoms in total. The van der Waals surface area contributed by atoms with Crippen molar-refractivity contribution in [1.29, 1.82) is 0 Å². The van der Waals surface area contributed by atoms with E-state index in [0.29, 0.717) is 37.2 Å². The topological polar surface area (TPSA) is 97.2 Å². The van der Waals surface area contributed by atoms with Crippen LogP contribution in [0.5, 0.6) is 0 Å². The Hall–Kier alpha value is -2.78. The number of sulfonamides is 1. The van der Waals surface area contributed by atoms with Gasteiger partial charge in [0.1, 0.15) is 5.52 Å². The number of amides is 1. The van der Waals surface area contributed by atoms with Crippen molar-refractivity contribution in [2.24, 2.45) is 0 Å². The fourth-order valence-electron chi connectivity index (χ4n) is 3.85. The number of aryl methyl sites for hydroxylation is 2. The highest BCUT2D eigenvalue weighted by atomic mass is 32.2. The fraction of sp³-hybridized carbons (Fsp3) is 0.409. The molecule has 9 heteroatoms. The van der Waals surface area contributed by atoms with Crippen LogP contribution in [0.25, 0.3) is 11.0 Å². The summed E-state index contributed by atoms with van der Waals surface area (Å²) < 4.78 is 28.9. The first-order valence-corrected chi connectivity index (χ1v) is 12.0. The van der Waals surface area contributed by atoms with Gasteiger partial charge in [-0.25, -0.2) is 13.1 Å². The van der Waals surface area contributed by atoms with Gasteiger partial charge in [0.25, 0.3) is 0 Å². The Morgan fingerprint density at radius 2 is 1.90 bits per heavy atom. The zero-order chi connectivity index (χ0) is 21.8. The van der Waals surface area contributed by atoms with Crippen LogP contribution in [0.2, 0.25) is 0 Å². The highest BCUT2D eigenvalue weighted by Gasteiger charge is 2.26. The molecule has 164 valence electrons. The first-order valence-electron chi connectivity index (χ1n) is 10.6. The molecule has 1 amide bonds. The van der Waals surface area contributed by atoms with Crippen molar-refractivity contribution in [3.05, 3.63) is 53.6 Å². The Labute approximate surface area is 182 Å². The molecule has 1 aliphatic rings. The highest BCUT2D eigenvalue weighted by molar-refractivity contribution is 7.89. The summed E-state index contributed by atoms with van der Waals surface area (Å²) in [7, 11) is -3.51. The van der Waals surface area contributed by atoms with Gasteiger partial charge in [0.15, 0.2) is 0 Å². The maximum Gasteiger partial charge on any atom is 0.243 e. The molecule has 1 N–H and O–H groups in total. The molecule has 2 heterocycles. The van der Waals surface area contributed by atoms with Crippen LogP contribution >= 0.6 is 0 Å². The number of fused-ring (bicyclic) bond motifs is 1. The van der Waals surface area contributed by atoms with Crippen LogP contribution in [-0.2, 0) is 27.9 Å². The minimum Gasteiger partial charge on any atom is -0.352 e. The van der Waals surface area contributed by atoms with Crippen molar-refractivity contribution in [2.75, 3.05) is 13.1 Å². The third kappa shape index (κ3) is 4.94. The van der Waals surface area contributed by atoms with Gasteiger partial charge in [0.2, 0.25) is 15.9 Å². The Morgan fingerprint density at radius 1 is 1.10 bits per heavy atom. The summed E-state index contributed by atoms with van der Waals surface area (Å²) in [6, 6.07) is 12.9. The van der Waals surface area contributed by atoms with Gasteiger partial charge in [0.05, 0.1) is 17.0 Å². The molecular weight excluding hydrogens is 414 g/mol. The second kappa shape index (κ2) is 9.15. The molecule has 0 saturated carbocycles. The van der Waals surface area contributed by atoms with Gasteiger partial charge in [-0.15, -0.1) is 5.10 Å². The number of piperidine rings is 1. The van der Waals surface area contributed by atoms with E-state index in [1.54, 1.807) is 27.2 Å². The number of hydrogen-bond donors (Lipinski definition) is 1. The Bertz CT molecular complexity index is 1180. The summed E-state index contributed by atoms with van der Waals surface area (Å²) in [5.41, 5.74) is 3.44. The molecule has 4 rings (SSSR count). The molecule has 0 aliphatic carbocycles. The number of nitrogens with one attached hydrogen (secondary N) is 1. The maximum absolute atomic E-state index is 12.9. The minimum absolute atomic E-state index is 0.0746. The minimum atomic E-state index is -3.51. The molecule has 0 unspecified atom stereocenters. The van der Waals surface area contributed by atoms with Gasteiger partial charge in [-0.1, -0.05) is 41.5 Å². The third-order valence-electron chi connectivity index (χ3n) is 5.56. The second-order valence-electron chi connectivity index (χ2n) is 7.94. The Balaban J connectivity index is 1.39. The van der Waals surface area contributed by atoms with Gasteiger partial charge < -0.3 is 5.32 Å². The lowest BCUT2D eigenvalue weighted by atomic mass is 10.1. The molecule has 1 aromatic heterocycles. The molecule has 1 fully saturated rings. The lowest BCUT2D eigenvalue weighted by Gasteiger charge is -2.25. The molecule has 3 aromatic rings. The number of carbonyl (C=O) groups is 1. The van der Waals surface area contributed by atoms with Crippen molar-refractivity contribution in [2.45, 2.75) is 50.6 Å². The van der Waals surface area contributed by atoms with Crippen LogP contribution in [0.1, 0.15) is 36.8 Å². The van der Waals surface area contributed by atoms with Gasteiger partial charge in [-0.05, 0) is 43.5 Å². The number of rotatable bonds is 7. The number of nitrogens with zero attached hydrogens (tertiary/aromatic N) is 4. The lowest BCUT2D eigenvalue weighted by molar-refractivity contribution is -0.121. The van der Waals surface area contributed by atoms with E-state index in [4.69, 9.17) is 0 Å². The summed E-state index contributed by atoms with van der Waals surface area (Å²) in [5.74, 6) is -0.0746. The number of aromatic nitrogens is 3. The Kier molecular flexibility index (Phi) is 6.33. The second-order valence-corrected chi connectivity index (χ2v) is 9.88. The van der Waals surface area contributed by atoms with Crippen molar-refractivity contribution < 1.29 is 13.2 Å². The smallest absolute Gasteiger partial charge is 0.243 e. The molecule has 0 spiro atoms. The summed E-state index contributed by atoms with van der Waals surface area (Å²) in [6.45, 7) is 3.99. The van der Waals surface area contributed by atoms with E-state index >= 15 is 0 Å². The lowest BCUT2D eigenvalue weighted by Crippen LogP contribution is -2.35. The third-order valence-corrected chi connectivity index (χ3v) is 7.46. The van der Waals surface area contributed by atoms with Crippen molar-refractivity contribution >= 4 is 27.0 Å². The normalized spacial score (nSPS) is 15.3.